The molecule has 0 atom stereocenters. The molecular weight excluding hydrogens is 430 g/mol. The normalized spacial score (nSPS) is 12.0. The zero-order chi connectivity index (χ0) is 19.7. The van der Waals surface area contributed by atoms with Gasteiger partial charge in [-0.1, -0.05) is 76.6 Å². The predicted octanol–water partition coefficient (Wildman–Crippen LogP) is 8.49. The van der Waals surface area contributed by atoms with E-state index in [1.807, 2.05) is 66.7 Å². The molecule has 0 nitrogen and oxygen atoms in total. The smallest absolute Gasteiger partial charge is 0.131 e. The molecule has 0 saturated heterocycles. The van der Waals surface area contributed by atoms with Gasteiger partial charge in [-0.3, -0.25) is 0 Å². The van der Waals surface area contributed by atoms with Gasteiger partial charge in [-0.25, -0.2) is 8.78 Å². The minimum atomic E-state index is -0.409. The van der Waals surface area contributed by atoms with Crippen LogP contribution in [0.2, 0.25) is 0 Å². The fourth-order valence-electron chi connectivity index (χ4n) is 4.62. The fraction of sp³-hybridized carbons (Fsp3) is 0. The van der Waals surface area contributed by atoms with Crippen molar-refractivity contribution in [2.45, 2.75) is 0 Å². The molecule has 138 valence electrons. The third-order valence-corrected chi connectivity index (χ3v) is 6.52. The molecule has 0 aliphatic carbocycles. The second-order valence-corrected chi connectivity index (χ2v) is 8.17. The molecule has 0 spiro atoms. The first kappa shape index (κ1) is 16.9. The molecule has 0 bridgehead atoms. The maximum absolute atomic E-state index is 15.3. The molecule has 0 N–H and O–H groups in total. The zero-order valence-corrected chi connectivity index (χ0v) is 16.7. The lowest BCUT2D eigenvalue weighted by Crippen LogP contribution is -1.92. The Morgan fingerprint density at radius 2 is 1.00 bits per heavy atom. The number of rotatable bonds is 0. The maximum atomic E-state index is 15.3. The minimum absolute atomic E-state index is 0.340. The third-order valence-electron chi connectivity index (χ3n) is 5.83. The molecule has 0 unspecified atom stereocenters. The Kier molecular flexibility index (Phi) is 3.48. The van der Waals surface area contributed by atoms with E-state index in [4.69, 9.17) is 0 Å². The highest BCUT2D eigenvalue weighted by molar-refractivity contribution is 9.10. The molecule has 0 heterocycles. The second kappa shape index (κ2) is 5.98. The van der Waals surface area contributed by atoms with Gasteiger partial charge in [0.05, 0.1) is 0 Å². The summed E-state index contributed by atoms with van der Waals surface area (Å²) in [4.78, 5) is 0. The summed E-state index contributed by atoms with van der Waals surface area (Å²) in [5, 5.41) is 7.86. The van der Waals surface area contributed by atoms with Crippen LogP contribution in [0.4, 0.5) is 8.78 Å². The van der Waals surface area contributed by atoms with Crippen molar-refractivity contribution in [1.29, 1.82) is 0 Å². The van der Waals surface area contributed by atoms with Gasteiger partial charge < -0.3 is 0 Å². The van der Waals surface area contributed by atoms with Gasteiger partial charge in [0.15, 0.2) is 0 Å². The lowest BCUT2D eigenvalue weighted by molar-refractivity contribution is 0.619. The van der Waals surface area contributed by atoms with Crippen LogP contribution in [0.1, 0.15) is 0 Å². The summed E-state index contributed by atoms with van der Waals surface area (Å²) < 4.78 is 31.5. The highest BCUT2D eigenvalue weighted by Gasteiger charge is 2.19. The summed E-state index contributed by atoms with van der Waals surface area (Å²) in [5.41, 5.74) is 0. The van der Waals surface area contributed by atoms with Gasteiger partial charge in [-0.15, -0.1) is 0 Å². The average molecular weight is 443 g/mol. The molecule has 0 saturated carbocycles. The van der Waals surface area contributed by atoms with E-state index >= 15 is 8.78 Å². The first-order valence-electron chi connectivity index (χ1n) is 9.37. The van der Waals surface area contributed by atoms with Gasteiger partial charge in [0.25, 0.3) is 0 Å². The highest BCUT2D eigenvalue weighted by Crippen LogP contribution is 2.44. The summed E-state index contributed by atoms with van der Waals surface area (Å²) in [6.45, 7) is 0. The van der Waals surface area contributed by atoms with Gasteiger partial charge in [-0.05, 0) is 50.5 Å². The van der Waals surface area contributed by atoms with Crippen molar-refractivity contribution < 1.29 is 8.78 Å². The number of halogens is 3. The van der Waals surface area contributed by atoms with E-state index in [2.05, 4.69) is 15.9 Å². The lowest BCUT2D eigenvalue weighted by atomic mass is 9.88. The van der Waals surface area contributed by atoms with Crippen molar-refractivity contribution in [2.75, 3.05) is 0 Å². The third kappa shape index (κ3) is 2.22. The Morgan fingerprint density at radius 3 is 1.76 bits per heavy atom. The largest absolute Gasteiger partial charge is 0.206 e. The molecule has 6 aromatic carbocycles. The molecule has 6 rings (SSSR count). The Morgan fingerprint density at radius 1 is 0.448 bits per heavy atom. The topological polar surface area (TPSA) is 0 Å². The minimum Gasteiger partial charge on any atom is -0.206 e. The Balaban J connectivity index is 2.08. The van der Waals surface area contributed by atoms with E-state index in [0.29, 0.717) is 10.8 Å². The van der Waals surface area contributed by atoms with Crippen LogP contribution in [-0.4, -0.2) is 0 Å². The first-order chi connectivity index (χ1) is 14.1. The monoisotopic (exact) mass is 442 g/mol. The number of hydrogen-bond donors (Lipinski definition) is 0. The quantitative estimate of drug-likeness (QED) is 0.207. The zero-order valence-electron chi connectivity index (χ0n) is 15.1. The second-order valence-electron chi connectivity index (χ2n) is 7.31. The van der Waals surface area contributed by atoms with E-state index in [9.17, 15) is 0 Å². The predicted molar refractivity (Wildman–Crippen MR) is 122 cm³/mol. The molecule has 0 fully saturated rings. The van der Waals surface area contributed by atoms with Crippen molar-refractivity contribution in [3.8, 4) is 0 Å². The van der Waals surface area contributed by atoms with Crippen LogP contribution in [0, 0.1) is 11.6 Å². The number of benzene rings is 6. The summed E-state index contributed by atoms with van der Waals surface area (Å²) in [5.74, 6) is -0.814. The van der Waals surface area contributed by atoms with Crippen LogP contribution in [0.15, 0.2) is 83.3 Å². The number of hydrogen-bond acceptors (Lipinski definition) is 0. The maximum Gasteiger partial charge on any atom is 0.131 e. The van der Waals surface area contributed by atoms with Gasteiger partial charge in [-0.2, -0.15) is 0 Å². The Bertz CT molecular complexity index is 1630. The fourth-order valence-corrected chi connectivity index (χ4v) is 5.12. The average Bonchev–Trinajstić information content (AvgIpc) is 2.75. The van der Waals surface area contributed by atoms with Gasteiger partial charge in [0, 0.05) is 26.0 Å². The molecule has 0 radical (unpaired) electrons. The van der Waals surface area contributed by atoms with Gasteiger partial charge >= 0.3 is 0 Å². The van der Waals surface area contributed by atoms with E-state index in [0.717, 1.165) is 47.6 Å². The number of fused-ring (bicyclic) bond motifs is 10. The van der Waals surface area contributed by atoms with Crippen LogP contribution in [-0.2, 0) is 0 Å². The lowest BCUT2D eigenvalue weighted by Gasteiger charge is -2.16. The molecule has 0 amide bonds. The molecule has 0 aromatic heterocycles. The molecular formula is C26H13BrF2. The SMILES string of the molecule is Fc1ccc(F)c2c1c1c3ccccc3ccc1c1ccc3c(Br)cccc3c12. The van der Waals surface area contributed by atoms with Crippen LogP contribution in [0.5, 0.6) is 0 Å². The Labute approximate surface area is 173 Å². The van der Waals surface area contributed by atoms with Crippen molar-refractivity contribution in [3.05, 3.63) is 95.0 Å². The molecule has 29 heavy (non-hydrogen) atoms. The van der Waals surface area contributed by atoms with Crippen LogP contribution in [0.3, 0.4) is 0 Å². The molecule has 0 aliphatic rings. The summed E-state index contributed by atoms with van der Waals surface area (Å²) in [6, 6.07) is 24.3. The van der Waals surface area contributed by atoms with Crippen molar-refractivity contribution in [2.24, 2.45) is 0 Å². The van der Waals surface area contributed by atoms with Crippen LogP contribution in [0.25, 0.3) is 53.9 Å². The standard InChI is InChI=1S/C26H13BrF2/c27-20-7-3-6-17-16(20)10-11-19-18-9-8-14-4-1-2-5-15(14)23(18)25-21(28)12-13-22(29)26(25)24(17)19/h1-13H. The first-order valence-corrected chi connectivity index (χ1v) is 10.2. The summed E-state index contributed by atoms with van der Waals surface area (Å²) >= 11 is 3.59. The van der Waals surface area contributed by atoms with Crippen LogP contribution >= 0.6 is 15.9 Å². The van der Waals surface area contributed by atoms with E-state index in [-0.39, 0.29) is 0 Å². The van der Waals surface area contributed by atoms with Gasteiger partial charge in [0.1, 0.15) is 11.6 Å². The molecule has 6 aromatic rings. The summed E-state index contributed by atoms with van der Waals surface area (Å²) in [7, 11) is 0. The molecule has 3 heteroatoms. The van der Waals surface area contributed by atoms with Crippen molar-refractivity contribution >= 4 is 69.8 Å². The molecule has 0 aliphatic heterocycles. The van der Waals surface area contributed by atoms with Crippen LogP contribution < -0.4 is 0 Å². The van der Waals surface area contributed by atoms with E-state index in [1.165, 1.54) is 12.1 Å². The Hall–Kier alpha value is -3.04. The van der Waals surface area contributed by atoms with Crippen molar-refractivity contribution in [3.63, 3.8) is 0 Å². The summed E-state index contributed by atoms with van der Waals surface area (Å²) in [6.07, 6.45) is 0. The van der Waals surface area contributed by atoms with E-state index in [1.54, 1.807) is 0 Å². The highest BCUT2D eigenvalue weighted by atomic mass is 79.9. The van der Waals surface area contributed by atoms with Gasteiger partial charge in [0.2, 0.25) is 0 Å². The van der Waals surface area contributed by atoms with E-state index < -0.39 is 11.6 Å². The van der Waals surface area contributed by atoms with Crippen molar-refractivity contribution in [1.82, 2.24) is 0 Å².